The van der Waals surface area contributed by atoms with Gasteiger partial charge >= 0.3 is 47.9 Å². The molecule has 0 amide bonds. The van der Waals surface area contributed by atoms with Crippen molar-refractivity contribution in [2.75, 3.05) is 13.7 Å². The second-order valence-corrected chi connectivity index (χ2v) is 4.94. The Morgan fingerprint density at radius 1 is 0.630 bits per heavy atom. The maximum absolute atomic E-state index is 13.7. The molecular formula is C10H6F16O. The molecule has 0 aliphatic rings. The van der Waals surface area contributed by atoms with E-state index in [2.05, 4.69) is 4.74 Å². The van der Waals surface area contributed by atoms with Gasteiger partial charge in [0.2, 0.25) is 0 Å². The summed E-state index contributed by atoms with van der Waals surface area (Å²) >= 11 is 0. The van der Waals surface area contributed by atoms with Crippen LogP contribution < -0.4 is 0 Å². The fourth-order valence-electron chi connectivity index (χ4n) is 1.64. The van der Waals surface area contributed by atoms with Gasteiger partial charge in [0.1, 0.15) is 6.61 Å². The Bertz CT molecular complexity index is 522. The molecule has 1 nitrogen and oxygen atoms in total. The summed E-state index contributed by atoms with van der Waals surface area (Å²) in [6.45, 7) is -2.96. The molecule has 0 fully saturated rings. The monoisotopic (exact) mass is 446 g/mol. The van der Waals surface area contributed by atoms with E-state index in [0.29, 0.717) is 0 Å². The summed E-state index contributed by atoms with van der Waals surface area (Å²) in [6.07, 6.45) is -14.0. The Balaban J connectivity index is 6.98. The van der Waals surface area contributed by atoms with Crippen molar-refractivity contribution >= 4 is 0 Å². The van der Waals surface area contributed by atoms with Gasteiger partial charge in [0, 0.05) is 7.11 Å². The summed E-state index contributed by atoms with van der Waals surface area (Å²) in [5.74, 6) is -38.7. The molecule has 0 radical (unpaired) electrons. The minimum atomic E-state index is -8.50. The summed E-state index contributed by atoms with van der Waals surface area (Å²) in [7, 11) is 0.0647. The van der Waals surface area contributed by atoms with Gasteiger partial charge in [-0.2, -0.15) is 57.1 Å². The fourth-order valence-corrected chi connectivity index (χ4v) is 1.64. The predicted octanol–water partition coefficient (Wildman–Crippen LogP) is 5.35. The van der Waals surface area contributed by atoms with Gasteiger partial charge in [0.05, 0.1) is 0 Å². The highest BCUT2D eigenvalue weighted by atomic mass is 19.4. The third-order valence-electron chi connectivity index (χ3n) is 3.13. The van der Waals surface area contributed by atoms with Crippen molar-refractivity contribution in [1.29, 1.82) is 0 Å². The Labute approximate surface area is 138 Å². The topological polar surface area (TPSA) is 9.23 Å². The lowest BCUT2D eigenvalue weighted by atomic mass is 9.80. The Hall–Kier alpha value is -1.16. The van der Waals surface area contributed by atoms with E-state index in [4.69, 9.17) is 0 Å². The van der Waals surface area contributed by atoms with Gasteiger partial charge in [-0.1, -0.05) is 0 Å². The number of hydrogen-bond acceptors (Lipinski definition) is 1. The first-order chi connectivity index (χ1) is 11.5. The molecule has 0 aliphatic carbocycles. The number of methoxy groups -OCH3 is 1. The maximum Gasteiger partial charge on any atom is 0.435 e. The second-order valence-electron chi connectivity index (χ2n) is 4.94. The zero-order chi connectivity index (χ0) is 22.5. The van der Waals surface area contributed by atoms with Crippen molar-refractivity contribution in [2.24, 2.45) is 0 Å². The van der Waals surface area contributed by atoms with Crippen LogP contribution in [0.5, 0.6) is 0 Å². The van der Waals surface area contributed by atoms with Crippen molar-refractivity contribution in [3.8, 4) is 0 Å². The van der Waals surface area contributed by atoms with Crippen molar-refractivity contribution in [1.82, 2.24) is 0 Å². The first-order valence-electron chi connectivity index (χ1n) is 5.92. The second kappa shape index (κ2) is 6.72. The lowest BCUT2D eigenvalue weighted by Crippen LogP contribution is -2.78. The highest BCUT2D eigenvalue weighted by Gasteiger charge is 2.96. The summed E-state index contributed by atoms with van der Waals surface area (Å²) in [6, 6.07) is 0. The summed E-state index contributed by atoms with van der Waals surface area (Å²) in [5, 5.41) is 0. The third kappa shape index (κ3) is 3.28. The molecule has 0 bridgehead atoms. The number of alkyl halides is 16. The van der Waals surface area contributed by atoms with Gasteiger partial charge in [-0.05, 0) is 0 Å². The normalized spacial score (nSPS) is 18.0. The molecule has 0 spiro atoms. The van der Waals surface area contributed by atoms with Gasteiger partial charge in [0.25, 0.3) is 0 Å². The van der Waals surface area contributed by atoms with E-state index in [0.717, 1.165) is 0 Å². The third-order valence-corrected chi connectivity index (χ3v) is 3.13. The molecule has 27 heavy (non-hydrogen) atoms. The first-order valence-corrected chi connectivity index (χ1v) is 5.92. The Morgan fingerprint density at radius 2 is 1.00 bits per heavy atom. The van der Waals surface area contributed by atoms with Gasteiger partial charge in [0.15, 0.2) is 0 Å². The van der Waals surface area contributed by atoms with E-state index in [1.165, 1.54) is 0 Å². The average molecular weight is 446 g/mol. The van der Waals surface area contributed by atoms with Gasteiger partial charge < -0.3 is 4.74 Å². The quantitative estimate of drug-likeness (QED) is 0.458. The van der Waals surface area contributed by atoms with Crippen LogP contribution in [0.25, 0.3) is 0 Å². The molecular weight excluding hydrogens is 440 g/mol. The maximum atomic E-state index is 13.7. The van der Waals surface area contributed by atoms with E-state index in [9.17, 15) is 70.2 Å². The van der Waals surface area contributed by atoms with Gasteiger partial charge in [-0.25, -0.2) is 13.2 Å². The standard InChI is InChI=1S/C10H6F16O/c1-27-2-4(13,14)7(18,19)6(17,10(24,25)26)9(22,23)8(20,21)5(15,16)3(11)12/h3H,2H2,1H3. The van der Waals surface area contributed by atoms with Crippen molar-refractivity contribution < 1.29 is 75.0 Å². The van der Waals surface area contributed by atoms with E-state index in [1.807, 2.05) is 0 Å². The van der Waals surface area contributed by atoms with Gasteiger partial charge in [-0.15, -0.1) is 0 Å². The fraction of sp³-hybridized carbons (Fsp3) is 1.00. The van der Waals surface area contributed by atoms with E-state index in [-0.39, 0.29) is 7.11 Å². The molecule has 0 rings (SSSR count). The SMILES string of the molecule is COCC(F)(F)C(F)(F)C(F)(C(F)(F)F)C(F)(F)C(F)(F)C(F)(F)C(F)F. The van der Waals surface area contributed by atoms with Gasteiger partial charge in [-0.3, -0.25) is 0 Å². The van der Waals surface area contributed by atoms with Crippen LogP contribution >= 0.6 is 0 Å². The van der Waals surface area contributed by atoms with Crippen LogP contribution in [0.3, 0.4) is 0 Å². The lowest BCUT2D eigenvalue weighted by molar-refractivity contribution is -0.453. The molecule has 0 aromatic rings. The smallest absolute Gasteiger partial charge is 0.378 e. The predicted molar refractivity (Wildman–Crippen MR) is 52.5 cm³/mol. The zero-order valence-corrected chi connectivity index (χ0v) is 12.2. The molecule has 0 saturated heterocycles. The van der Waals surface area contributed by atoms with Crippen LogP contribution in [0.2, 0.25) is 0 Å². The molecule has 0 heterocycles. The Kier molecular flexibility index (Phi) is 6.43. The molecule has 0 saturated carbocycles. The van der Waals surface area contributed by atoms with Crippen LogP contribution in [-0.4, -0.2) is 61.6 Å². The minimum Gasteiger partial charge on any atom is -0.378 e. The van der Waals surface area contributed by atoms with Crippen LogP contribution in [0.1, 0.15) is 0 Å². The van der Waals surface area contributed by atoms with E-state index in [1.54, 1.807) is 0 Å². The minimum absolute atomic E-state index is 0.0647. The number of ether oxygens (including phenoxy) is 1. The summed E-state index contributed by atoms with van der Waals surface area (Å²) in [4.78, 5) is 0. The molecule has 1 unspecified atom stereocenters. The zero-order valence-electron chi connectivity index (χ0n) is 12.2. The summed E-state index contributed by atoms with van der Waals surface area (Å²) < 4.78 is 209. The first kappa shape index (κ1) is 25.8. The summed E-state index contributed by atoms with van der Waals surface area (Å²) in [5.41, 5.74) is -8.42. The lowest BCUT2D eigenvalue weighted by Gasteiger charge is -2.45. The van der Waals surface area contributed by atoms with Crippen molar-refractivity contribution in [2.45, 2.75) is 47.9 Å². The molecule has 164 valence electrons. The van der Waals surface area contributed by atoms with Crippen molar-refractivity contribution in [3.05, 3.63) is 0 Å². The van der Waals surface area contributed by atoms with E-state index >= 15 is 0 Å². The molecule has 17 heteroatoms. The average Bonchev–Trinajstić information content (AvgIpc) is 2.43. The molecule has 0 aliphatic heterocycles. The largest absolute Gasteiger partial charge is 0.435 e. The molecule has 0 aromatic carbocycles. The highest BCUT2D eigenvalue weighted by molar-refractivity contribution is 5.19. The number of rotatable bonds is 8. The number of hydrogen-bond donors (Lipinski definition) is 0. The van der Waals surface area contributed by atoms with Crippen molar-refractivity contribution in [3.63, 3.8) is 0 Å². The number of halogens is 16. The van der Waals surface area contributed by atoms with Crippen LogP contribution in [-0.2, 0) is 4.74 Å². The van der Waals surface area contributed by atoms with Crippen LogP contribution in [0, 0.1) is 0 Å². The molecule has 0 N–H and O–H groups in total. The molecule has 1 atom stereocenters. The Morgan fingerprint density at radius 3 is 1.26 bits per heavy atom. The van der Waals surface area contributed by atoms with Crippen LogP contribution in [0.4, 0.5) is 70.2 Å². The molecule has 0 aromatic heterocycles. The van der Waals surface area contributed by atoms with Crippen LogP contribution in [0.15, 0.2) is 0 Å². The highest BCUT2D eigenvalue weighted by Crippen LogP contribution is 2.64. The van der Waals surface area contributed by atoms with E-state index < -0.39 is 54.5 Å².